The molecule has 0 saturated carbocycles. The molecule has 4 aromatic carbocycles. The summed E-state index contributed by atoms with van der Waals surface area (Å²) in [5.74, 6) is -2.87. The van der Waals surface area contributed by atoms with Gasteiger partial charge in [-0.15, -0.1) is 0 Å². The molecule has 2 atom stereocenters. The van der Waals surface area contributed by atoms with Crippen LogP contribution in [0.2, 0.25) is 0 Å². The second-order valence-corrected chi connectivity index (χ2v) is 12.4. The number of phenolic OH excluding ortho intramolecular Hbond substituents is 6. The molecule has 0 aromatic heterocycles. The van der Waals surface area contributed by atoms with Crippen LogP contribution in [0.3, 0.4) is 0 Å². The van der Waals surface area contributed by atoms with Crippen molar-refractivity contribution in [3.63, 3.8) is 0 Å². The molecule has 0 aliphatic rings. The normalized spacial score (nSPS) is 13.7. The van der Waals surface area contributed by atoms with E-state index in [9.17, 15) is 40.9 Å². The number of aliphatic hydroxyl groups excluding tert-OH is 2. The Kier molecular flexibility index (Phi) is 9.75. The topological polar surface area (TPSA) is 187 Å². The Balaban J connectivity index is 2.25. The number of hydrogen-bond donors (Lipinski definition) is 8. The van der Waals surface area contributed by atoms with E-state index in [0.29, 0.717) is 45.9 Å². The maximum atomic E-state index is 12.1. The van der Waals surface area contributed by atoms with Gasteiger partial charge in [-0.2, -0.15) is 0 Å². The largest absolute Gasteiger partial charge is 0.507 e. The molecule has 0 spiro atoms. The minimum Gasteiger partial charge on any atom is -0.507 e. The van der Waals surface area contributed by atoms with E-state index in [1.165, 1.54) is 12.4 Å². The third kappa shape index (κ3) is 5.67. The Hall–Kier alpha value is -4.54. The first kappa shape index (κ1) is 34.3. The standard InChI is InChI=1S/C36H44N2O8/c1-9-23(39)37-13-21-29-19(25(15(3)4)35(45)31(21)41)11-17(7)27(33(29)43)28-18(8)12-20-26(16(5)6)36(46)32(42)22(30(20)34(28)44)14-38-24(40)10-2/h11-16,23-24,39-46H,9-10H2,1-8H3/b37-13+,38-14+. The molecule has 0 saturated heterocycles. The van der Waals surface area contributed by atoms with Crippen molar-refractivity contribution in [2.24, 2.45) is 9.98 Å². The number of hydrogen-bond acceptors (Lipinski definition) is 10. The van der Waals surface area contributed by atoms with Gasteiger partial charge in [0.25, 0.3) is 0 Å². The zero-order valence-corrected chi connectivity index (χ0v) is 27.5. The summed E-state index contributed by atoms with van der Waals surface area (Å²) in [5.41, 5.74) is 2.32. The second-order valence-electron chi connectivity index (χ2n) is 12.4. The van der Waals surface area contributed by atoms with Gasteiger partial charge in [-0.3, -0.25) is 9.98 Å². The first-order chi connectivity index (χ1) is 21.6. The van der Waals surface area contributed by atoms with Gasteiger partial charge in [0.05, 0.1) is 0 Å². The number of nitrogens with zero attached hydrogens (tertiary/aromatic N) is 2. The van der Waals surface area contributed by atoms with E-state index in [2.05, 4.69) is 9.98 Å². The van der Waals surface area contributed by atoms with Crippen molar-refractivity contribution in [1.29, 1.82) is 0 Å². The monoisotopic (exact) mass is 632 g/mol. The Morgan fingerprint density at radius 1 is 0.565 bits per heavy atom. The predicted octanol–water partition coefficient (Wildman–Crippen LogP) is 7.05. The summed E-state index contributed by atoms with van der Waals surface area (Å²) in [6.07, 6.45) is 0.869. The third-order valence-electron chi connectivity index (χ3n) is 8.47. The molecular formula is C36H44N2O8. The zero-order chi connectivity index (χ0) is 34.4. The lowest BCUT2D eigenvalue weighted by Crippen LogP contribution is -2.03. The number of aliphatic hydroxyl groups is 2. The van der Waals surface area contributed by atoms with E-state index in [1.807, 2.05) is 27.7 Å². The van der Waals surface area contributed by atoms with E-state index in [4.69, 9.17) is 0 Å². The second kappa shape index (κ2) is 13.1. The van der Waals surface area contributed by atoms with Gasteiger partial charge in [0.1, 0.15) is 24.0 Å². The van der Waals surface area contributed by atoms with Crippen molar-refractivity contribution >= 4 is 34.0 Å². The Morgan fingerprint density at radius 3 is 1.17 bits per heavy atom. The van der Waals surface area contributed by atoms with Crippen LogP contribution >= 0.6 is 0 Å². The van der Waals surface area contributed by atoms with Crippen LogP contribution < -0.4 is 0 Å². The molecule has 4 aromatic rings. The average molecular weight is 633 g/mol. The fraction of sp³-hybridized carbons (Fsp3) is 0.389. The van der Waals surface area contributed by atoms with Gasteiger partial charge in [0, 0.05) is 56.6 Å². The molecule has 246 valence electrons. The minimum absolute atomic E-state index is 0.00730. The molecule has 4 rings (SSSR count). The quantitative estimate of drug-likeness (QED) is 0.0712. The van der Waals surface area contributed by atoms with Gasteiger partial charge >= 0.3 is 0 Å². The molecule has 10 heteroatoms. The van der Waals surface area contributed by atoms with Crippen LogP contribution in [-0.2, 0) is 0 Å². The highest BCUT2D eigenvalue weighted by Gasteiger charge is 2.29. The lowest BCUT2D eigenvalue weighted by atomic mass is 9.83. The maximum absolute atomic E-state index is 12.1. The van der Waals surface area contributed by atoms with Gasteiger partial charge in [-0.25, -0.2) is 0 Å². The molecule has 0 fully saturated rings. The number of aryl methyl sites for hydroxylation is 2. The summed E-state index contributed by atoms with van der Waals surface area (Å²) in [7, 11) is 0. The molecule has 0 heterocycles. The molecule has 0 radical (unpaired) electrons. The Bertz CT molecular complexity index is 1760. The third-order valence-corrected chi connectivity index (χ3v) is 8.47. The molecule has 0 amide bonds. The lowest BCUT2D eigenvalue weighted by Gasteiger charge is -2.23. The van der Waals surface area contributed by atoms with Gasteiger partial charge < -0.3 is 40.9 Å². The van der Waals surface area contributed by atoms with Crippen LogP contribution in [0.1, 0.15) is 99.6 Å². The van der Waals surface area contributed by atoms with E-state index < -0.39 is 24.0 Å². The van der Waals surface area contributed by atoms with Crippen molar-refractivity contribution in [3.8, 4) is 45.6 Å². The van der Waals surface area contributed by atoms with Crippen LogP contribution in [0, 0.1) is 13.8 Å². The number of benzene rings is 4. The first-order valence-electron chi connectivity index (χ1n) is 15.5. The van der Waals surface area contributed by atoms with Crippen molar-refractivity contribution < 1.29 is 40.9 Å². The van der Waals surface area contributed by atoms with E-state index in [-0.39, 0.29) is 67.9 Å². The highest BCUT2D eigenvalue weighted by Crippen LogP contribution is 2.54. The highest BCUT2D eigenvalue weighted by molar-refractivity contribution is 6.15. The highest BCUT2D eigenvalue weighted by atomic mass is 16.3. The van der Waals surface area contributed by atoms with Gasteiger partial charge in [0.15, 0.2) is 23.0 Å². The molecule has 0 bridgehead atoms. The van der Waals surface area contributed by atoms with Crippen LogP contribution in [0.25, 0.3) is 32.7 Å². The van der Waals surface area contributed by atoms with E-state index in [0.717, 1.165) is 0 Å². The van der Waals surface area contributed by atoms with Crippen LogP contribution in [0.5, 0.6) is 34.5 Å². The predicted molar refractivity (Wildman–Crippen MR) is 182 cm³/mol. The number of aliphatic imine (C=N–C) groups is 2. The Morgan fingerprint density at radius 2 is 0.891 bits per heavy atom. The summed E-state index contributed by atoms with van der Waals surface area (Å²) in [6, 6.07) is 3.51. The molecular weight excluding hydrogens is 588 g/mol. The Labute approximate surface area is 268 Å². The van der Waals surface area contributed by atoms with Crippen molar-refractivity contribution in [2.45, 2.75) is 92.5 Å². The number of aromatic hydroxyl groups is 6. The summed E-state index contributed by atoms with van der Waals surface area (Å²) in [6.45, 7) is 14.3. The van der Waals surface area contributed by atoms with E-state index in [1.54, 1.807) is 39.8 Å². The van der Waals surface area contributed by atoms with Crippen LogP contribution in [0.4, 0.5) is 0 Å². The molecule has 2 unspecified atom stereocenters. The molecule has 0 aliphatic carbocycles. The summed E-state index contributed by atoms with van der Waals surface area (Å²) >= 11 is 0. The number of fused-ring (bicyclic) bond motifs is 2. The van der Waals surface area contributed by atoms with E-state index >= 15 is 0 Å². The molecule has 10 nitrogen and oxygen atoms in total. The number of rotatable bonds is 9. The minimum atomic E-state index is -1.08. The van der Waals surface area contributed by atoms with Crippen molar-refractivity contribution in [1.82, 2.24) is 0 Å². The molecule has 8 N–H and O–H groups in total. The van der Waals surface area contributed by atoms with Gasteiger partial charge in [0.2, 0.25) is 0 Å². The summed E-state index contributed by atoms with van der Waals surface area (Å²) in [5, 5.41) is 90.0. The first-order valence-corrected chi connectivity index (χ1v) is 15.5. The smallest absolute Gasteiger partial charge is 0.167 e. The average Bonchev–Trinajstić information content (AvgIpc) is 2.98. The summed E-state index contributed by atoms with van der Waals surface area (Å²) < 4.78 is 0. The maximum Gasteiger partial charge on any atom is 0.167 e. The van der Waals surface area contributed by atoms with Gasteiger partial charge in [-0.05, 0) is 60.4 Å². The van der Waals surface area contributed by atoms with Gasteiger partial charge in [-0.1, -0.05) is 53.7 Å². The van der Waals surface area contributed by atoms with Crippen molar-refractivity contribution in [3.05, 3.63) is 45.5 Å². The fourth-order valence-electron chi connectivity index (χ4n) is 6.16. The fourth-order valence-corrected chi connectivity index (χ4v) is 6.16. The zero-order valence-electron chi connectivity index (χ0n) is 27.5. The SMILES string of the molecule is CCC(O)/N=C/c1c(O)c(O)c(C(C)C)c2cc(C)c(-c3c(C)cc4c(C(C)C)c(O)c(O)c(/C=N/C(O)CC)c4c3O)c(O)c12. The van der Waals surface area contributed by atoms with Crippen LogP contribution in [-0.4, -0.2) is 65.7 Å². The summed E-state index contributed by atoms with van der Waals surface area (Å²) in [4.78, 5) is 8.18. The lowest BCUT2D eigenvalue weighted by molar-refractivity contribution is 0.181. The molecule has 46 heavy (non-hydrogen) atoms. The molecule has 0 aliphatic heterocycles. The van der Waals surface area contributed by atoms with Crippen molar-refractivity contribution in [2.75, 3.05) is 0 Å². The van der Waals surface area contributed by atoms with Crippen LogP contribution in [0.15, 0.2) is 22.1 Å². The number of phenols is 6.